The number of carbonyl (C=O) groups is 3. The van der Waals surface area contributed by atoms with Gasteiger partial charge in [-0.05, 0) is 77.8 Å². The molecule has 3 fully saturated rings. The second kappa shape index (κ2) is 16.1. The van der Waals surface area contributed by atoms with E-state index >= 15 is 4.79 Å². The number of hydrogen-bond acceptors (Lipinski definition) is 8. The van der Waals surface area contributed by atoms with Gasteiger partial charge in [0, 0.05) is 18.5 Å². The van der Waals surface area contributed by atoms with Crippen molar-refractivity contribution in [2.75, 3.05) is 19.8 Å². The van der Waals surface area contributed by atoms with Gasteiger partial charge < -0.3 is 25.0 Å². The van der Waals surface area contributed by atoms with Gasteiger partial charge >= 0.3 is 5.97 Å². The fraction of sp³-hybridized carbons (Fsp3) is 0.354. The molecule has 0 unspecified atom stereocenters. The third kappa shape index (κ3) is 6.97. The summed E-state index contributed by atoms with van der Waals surface area (Å²) < 4.78 is 12.2. The molecule has 2 aliphatic heterocycles. The molecule has 4 aromatic rings. The molecule has 0 bridgehead atoms. The molecule has 2 saturated heterocycles. The van der Waals surface area contributed by atoms with Gasteiger partial charge in [-0.3, -0.25) is 19.3 Å². The second-order valence-electron chi connectivity index (χ2n) is 15.6. The summed E-state index contributed by atoms with van der Waals surface area (Å²) >= 11 is 0. The lowest BCUT2D eigenvalue weighted by atomic mass is 9.64. The van der Waals surface area contributed by atoms with Gasteiger partial charge in [0.1, 0.15) is 30.1 Å². The predicted octanol–water partition coefficient (Wildman–Crippen LogP) is 6.24. The maximum atomic E-state index is 15.4. The SMILES string of the molecule is C=CCNC(=O)[C@@H]1[C@H]2C(=O)O[C@H](c3ccccc3)[C@H](c3ccccc3)N2[C@H](c2ccc(OCCO)cc2)[C@@]12C(=O)Cc1ccc(C#CC3(O)CCCCCC3)cc12. The number of rotatable bonds is 9. The summed E-state index contributed by atoms with van der Waals surface area (Å²) in [5.74, 6) is 4.55. The first-order valence-electron chi connectivity index (χ1n) is 20.0. The van der Waals surface area contributed by atoms with Gasteiger partial charge in [0.25, 0.3) is 0 Å². The van der Waals surface area contributed by atoms with Crippen LogP contribution in [0.3, 0.4) is 0 Å². The highest BCUT2D eigenvalue weighted by molar-refractivity contribution is 6.05. The summed E-state index contributed by atoms with van der Waals surface area (Å²) in [4.78, 5) is 47.2. The van der Waals surface area contributed by atoms with Gasteiger partial charge in [0.05, 0.1) is 30.0 Å². The number of nitrogens with one attached hydrogen (secondary N) is 1. The van der Waals surface area contributed by atoms with E-state index in [4.69, 9.17) is 9.47 Å². The molecule has 3 N–H and O–H groups in total. The van der Waals surface area contributed by atoms with Gasteiger partial charge in [-0.15, -0.1) is 6.58 Å². The highest BCUT2D eigenvalue weighted by Crippen LogP contribution is 2.64. The number of carbonyl (C=O) groups excluding carboxylic acids is 3. The van der Waals surface area contributed by atoms with Crippen LogP contribution in [0.2, 0.25) is 0 Å². The maximum Gasteiger partial charge on any atom is 0.324 e. The number of cyclic esters (lactones) is 1. The molecule has 4 aromatic carbocycles. The molecule has 2 aliphatic carbocycles. The van der Waals surface area contributed by atoms with Crippen molar-refractivity contribution >= 4 is 17.7 Å². The molecule has 9 heteroatoms. The Hall–Kier alpha value is -5.53. The molecule has 9 nitrogen and oxygen atoms in total. The first-order chi connectivity index (χ1) is 27.8. The van der Waals surface area contributed by atoms with Gasteiger partial charge in [-0.25, -0.2) is 0 Å². The molecule has 1 amide bonds. The Bertz CT molecular complexity index is 2190. The van der Waals surface area contributed by atoms with Gasteiger partial charge in [-0.1, -0.05) is 110 Å². The van der Waals surface area contributed by atoms with E-state index < -0.39 is 53.0 Å². The Morgan fingerprint density at radius 2 is 1.58 bits per heavy atom. The average molecular weight is 765 g/mol. The van der Waals surface area contributed by atoms with Gasteiger partial charge in [0.15, 0.2) is 5.78 Å². The Labute approximate surface area is 333 Å². The average Bonchev–Trinajstić information content (AvgIpc) is 3.60. The van der Waals surface area contributed by atoms with Crippen molar-refractivity contribution in [1.29, 1.82) is 0 Å². The number of benzene rings is 4. The molecule has 8 rings (SSSR count). The fourth-order valence-electron chi connectivity index (χ4n) is 9.79. The molecule has 0 aromatic heterocycles. The minimum absolute atomic E-state index is 0.0557. The van der Waals surface area contributed by atoms with Crippen molar-refractivity contribution in [3.63, 3.8) is 0 Å². The Kier molecular flexibility index (Phi) is 10.9. The van der Waals surface area contributed by atoms with Crippen LogP contribution < -0.4 is 10.1 Å². The standard InChI is InChI=1S/C48H48N2O7/c1-2-27-49-45(53)40-42-46(54)57-43(34-15-9-6-10-16-34)41(33-13-7-5-8-14-33)50(42)44(35-19-21-37(22-20-35)56-29-28-51)48(40)38-30-32(17-18-36(38)31-39(48)52)23-26-47(55)24-11-3-4-12-25-47/h2,5-10,13-22,30,40-44,51,55H,1,3-4,11-12,24-25,27-29,31H2,(H,49,53)/t40-,41-,42-,43+,44+,48-/m0/s1. The van der Waals surface area contributed by atoms with E-state index in [2.05, 4.69) is 28.6 Å². The zero-order valence-electron chi connectivity index (χ0n) is 31.9. The third-order valence-electron chi connectivity index (χ3n) is 12.2. The lowest BCUT2D eigenvalue weighted by Crippen LogP contribution is -2.54. The Morgan fingerprint density at radius 1 is 0.895 bits per heavy atom. The van der Waals surface area contributed by atoms with Crippen molar-refractivity contribution < 1.29 is 34.1 Å². The first kappa shape index (κ1) is 38.3. The maximum absolute atomic E-state index is 15.4. The van der Waals surface area contributed by atoms with Crippen molar-refractivity contribution in [1.82, 2.24) is 10.2 Å². The molecule has 4 aliphatic rings. The minimum Gasteiger partial charge on any atom is -0.491 e. The number of hydrogen-bond donors (Lipinski definition) is 3. The van der Waals surface area contributed by atoms with Crippen LogP contribution in [-0.2, 0) is 31.0 Å². The molecule has 1 spiro atoms. The highest BCUT2D eigenvalue weighted by atomic mass is 16.6. The third-order valence-corrected chi connectivity index (χ3v) is 12.2. The quantitative estimate of drug-likeness (QED) is 0.0793. The lowest BCUT2D eigenvalue weighted by molar-refractivity contribution is -0.178. The number of morpholine rings is 1. The number of aliphatic hydroxyl groups excluding tert-OH is 1. The van der Waals surface area contributed by atoms with E-state index in [1.807, 2.05) is 91.0 Å². The molecule has 292 valence electrons. The number of ether oxygens (including phenoxy) is 2. The second-order valence-corrected chi connectivity index (χ2v) is 15.6. The molecule has 1 saturated carbocycles. The van der Waals surface area contributed by atoms with Gasteiger partial charge in [0.2, 0.25) is 5.91 Å². The lowest BCUT2D eigenvalue weighted by Gasteiger charge is -2.46. The van der Waals surface area contributed by atoms with Crippen molar-refractivity contribution in [2.45, 2.75) is 80.2 Å². The van der Waals surface area contributed by atoms with Crippen molar-refractivity contribution in [3.05, 3.63) is 149 Å². The summed E-state index contributed by atoms with van der Waals surface area (Å²) in [6, 6.07) is 29.8. The molecule has 57 heavy (non-hydrogen) atoms. The van der Waals surface area contributed by atoms with E-state index in [9.17, 15) is 19.8 Å². The number of ketones is 1. The van der Waals surface area contributed by atoms with Crippen LogP contribution in [-0.4, -0.2) is 64.2 Å². The van der Waals surface area contributed by atoms with Crippen LogP contribution >= 0.6 is 0 Å². The van der Waals surface area contributed by atoms with Crippen molar-refractivity contribution in [3.8, 4) is 17.6 Å². The van der Waals surface area contributed by atoms with Crippen LogP contribution in [0.25, 0.3) is 0 Å². The van der Waals surface area contributed by atoms with E-state index in [1.165, 1.54) is 0 Å². The number of nitrogens with zero attached hydrogens (tertiary/aromatic N) is 1. The fourth-order valence-corrected chi connectivity index (χ4v) is 9.79. The van der Waals surface area contributed by atoms with E-state index in [1.54, 1.807) is 18.2 Å². The zero-order valence-corrected chi connectivity index (χ0v) is 31.9. The summed E-state index contributed by atoms with van der Waals surface area (Å²) in [7, 11) is 0. The van der Waals surface area contributed by atoms with Crippen LogP contribution in [0, 0.1) is 17.8 Å². The van der Waals surface area contributed by atoms with Gasteiger partial charge in [-0.2, -0.15) is 0 Å². The minimum atomic E-state index is -1.56. The van der Waals surface area contributed by atoms with Crippen LogP contribution in [0.15, 0.2) is 116 Å². The first-order valence-corrected chi connectivity index (χ1v) is 20.0. The summed E-state index contributed by atoms with van der Waals surface area (Å²) in [6.45, 7) is 3.91. The van der Waals surface area contributed by atoms with Crippen LogP contribution in [0.4, 0.5) is 0 Å². The number of amides is 1. The monoisotopic (exact) mass is 764 g/mol. The number of esters is 1. The predicted molar refractivity (Wildman–Crippen MR) is 215 cm³/mol. The topological polar surface area (TPSA) is 125 Å². The normalized spacial score (nSPS) is 26.3. The summed E-state index contributed by atoms with van der Waals surface area (Å²) in [5, 5.41) is 23.9. The Morgan fingerprint density at radius 3 is 2.25 bits per heavy atom. The molecular formula is C48H48N2O7. The van der Waals surface area contributed by atoms with E-state index in [0.29, 0.717) is 35.3 Å². The zero-order chi connectivity index (χ0) is 39.6. The largest absolute Gasteiger partial charge is 0.491 e. The van der Waals surface area contributed by atoms with Crippen LogP contribution in [0.5, 0.6) is 5.75 Å². The van der Waals surface area contributed by atoms with E-state index in [0.717, 1.165) is 42.4 Å². The smallest absolute Gasteiger partial charge is 0.324 e. The number of aliphatic hydroxyl groups is 2. The summed E-state index contributed by atoms with van der Waals surface area (Å²) in [6.07, 6.45) is 5.99. The molecule has 2 heterocycles. The van der Waals surface area contributed by atoms with E-state index in [-0.39, 0.29) is 32.0 Å². The number of Topliss-reactive ketones (excluding diaryl/α,β-unsaturated/α-hetero) is 1. The van der Waals surface area contributed by atoms with Crippen molar-refractivity contribution in [2.24, 2.45) is 5.92 Å². The summed E-state index contributed by atoms with van der Waals surface area (Å²) in [5.41, 5.74) is 1.71. The molecule has 6 atom stereocenters. The Balaban J connectivity index is 1.39. The van der Waals surface area contributed by atoms with Crippen LogP contribution in [0.1, 0.15) is 90.1 Å². The molecular weight excluding hydrogens is 717 g/mol. The molecule has 0 radical (unpaired) electrons. The highest BCUT2D eigenvalue weighted by Gasteiger charge is 2.73. The number of fused-ring (bicyclic) bond motifs is 3.